The third-order valence-corrected chi connectivity index (χ3v) is 6.07. The zero-order valence-corrected chi connectivity index (χ0v) is 20.9. The molecule has 35 heavy (non-hydrogen) atoms. The van der Waals surface area contributed by atoms with Crippen molar-refractivity contribution in [3.63, 3.8) is 0 Å². The molecule has 0 aliphatic carbocycles. The largest absolute Gasteiger partial charge is 0.454 e. The zero-order chi connectivity index (χ0) is 25.2. The van der Waals surface area contributed by atoms with E-state index >= 15 is 0 Å². The Morgan fingerprint density at radius 3 is 2.51 bits per heavy atom. The van der Waals surface area contributed by atoms with Gasteiger partial charge in [0.15, 0.2) is 0 Å². The third-order valence-electron chi connectivity index (χ3n) is 5.77. The van der Waals surface area contributed by atoms with Crippen molar-refractivity contribution < 1.29 is 14.3 Å². The number of aromatic nitrogens is 2. The highest BCUT2D eigenvalue weighted by molar-refractivity contribution is 6.32. The second-order valence-corrected chi connectivity index (χ2v) is 10.2. The molecule has 0 radical (unpaired) electrons. The molecule has 180 valence electrons. The van der Waals surface area contributed by atoms with E-state index in [2.05, 4.69) is 21.4 Å². The van der Waals surface area contributed by atoms with Crippen LogP contribution < -0.4 is 10.1 Å². The molecule has 1 aliphatic rings. The lowest BCUT2D eigenvalue weighted by atomic mass is 9.85. The van der Waals surface area contributed by atoms with Crippen molar-refractivity contribution >= 4 is 17.5 Å². The van der Waals surface area contributed by atoms with Crippen LogP contribution in [0.1, 0.15) is 56.5 Å². The van der Waals surface area contributed by atoms with E-state index in [0.29, 0.717) is 33.9 Å². The minimum atomic E-state index is -0.326. The predicted molar refractivity (Wildman–Crippen MR) is 133 cm³/mol. The SMILES string of the molecule is CC1(C)CC(NC(=O)c2ccc(Oc3cccc(-c4ccncn4)c3C#N)c(Cl)c2)CC(C)(C)O1. The maximum absolute atomic E-state index is 13.0. The van der Waals surface area contributed by atoms with Crippen molar-refractivity contribution in [2.24, 2.45) is 0 Å². The van der Waals surface area contributed by atoms with E-state index in [1.807, 2.05) is 27.7 Å². The van der Waals surface area contributed by atoms with Crippen LogP contribution in [0.4, 0.5) is 0 Å². The number of hydrogen-bond donors (Lipinski definition) is 1. The number of rotatable bonds is 5. The van der Waals surface area contributed by atoms with Crippen LogP contribution in [0.5, 0.6) is 11.5 Å². The Morgan fingerprint density at radius 2 is 1.89 bits per heavy atom. The summed E-state index contributed by atoms with van der Waals surface area (Å²) in [5, 5.41) is 13.2. The standard InChI is InChI=1S/C27H27ClN4O3/c1-26(2)13-18(14-27(3,4)35-26)32-25(33)17-8-9-24(21(28)12-17)34-23-7-5-6-19(20(23)15-29)22-10-11-30-16-31-22/h5-12,16,18H,13-14H2,1-4H3,(H,32,33). The average Bonchev–Trinajstić information content (AvgIpc) is 2.78. The third kappa shape index (κ3) is 5.79. The van der Waals surface area contributed by atoms with E-state index in [1.165, 1.54) is 6.33 Å². The summed E-state index contributed by atoms with van der Waals surface area (Å²) in [5.41, 5.74) is 1.34. The number of carbonyl (C=O) groups is 1. The van der Waals surface area contributed by atoms with Crippen molar-refractivity contribution in [1.29, 1.82) is 5.26 Å². The Bertz CT molecular complexity index is 1270. The van der Waals surface area contributed by atoms with Gasteiger partial charge >= 0.3 is 0 Å². The van der Waals surface area contributed by atoms with Crippen LogP contribution >= 0.6 is 11.6 Å². The van der Waals surface area contributed by atoms with Crippen LogP contribution in [-0.2, 0) is 4.74 Å². The van der Waals surface area contributed by atoms with Gasteiger partial charge in [-0.1, -0.05) is 23.7 Å². The molecule has 2 heterocycles. The number of nitrogens with zero attached hydrogens (tertiary/aromatic N) is 3. The van der Waals surface area contributed by atoms with E-state index in [-0.39, 0.29) is 28.2 Å². The van der Waals surface area contributed by atoms with Gasteiger partial charge in [0.25, 0.3) is 5.91 Å². The smallest absolute Gasteiger partial charge is 0.251 e. The van der Waals surface area contributed by atoms with Gasteiger partial charge in [0, 0.05) is 23.4 Å². The molecule has 3 aromatic rings. The summed E-state index contributed by atoms with van der Waals surface area (Å²) in [7, 11) is 0. The Morgan fingerprint density at radius 1 is 1.14 bits per heavy atom. The van der Waals surface area contributed by atoms with E-state index in [4.69, 9.17) is 21.1 Å². The summed E-state index contributed by atoms with van der Waals surface area (Å²) in [6.07, 6.45) is 4.47. The van der Waals surface area contributed by atoms with E-state index in [9.17, 15) is 10.1 Å². The van der Waals surface area contributed by atoms with Gasteiger partial charge in [0.05, 0.1) is 21.9 Å². The van der Waals surface area contributed by atoms with Gasteiger partial charge in [0.2, 0.25) is 0 Å². The minimum absolute atomic E-state index is 0.0151. The first kappa shape index (κ1) is 24.6. The Kier molecular flexibility index (Phi) is 6.79. The summed E-state index contributed by atoms with van der Waals surface area (Å²) in [4.78, 5) is 21.1. The highest BCUT2D eigenvalue weighted by Gasteiger charge is 2.39. The number of carbonyl (C=O) groups excluding carboxylic acids is 1. The Hall–Kier alpha value is -3.47. The van der Waals surface area contributed by atoms with Gasteiger partial charge in [-0.3, -0.25) is 4.79 Å². The van der Waals surface area contributed by atoms with E-state index in [1.54, 1.807) is 48.7 Å². The van der Waals surface area contributed by atoms with Gasteiger partial charge in [-0.25, -0.2) is 9.97 Å². The number of nitriles is 1. The molecule has 0 spiro atoms. The molecule has 0 bridgehead atoms. The lowest BCUT2D eigenvalue weighted by Crippen LogP contribution is -2.52. The molecule has 2 aromatic carbocycles. The van der Waals surface area contributed by atoms with Crippen LogP contribution in [0.3, 0.4) is 0 Å². The number of halogens is 1. The molecule has 1 amide bonds. The Labute approximate surface area is 210 Å². The summed E-state index contributed by atoms with van der Waals surface area (Å²) in [6, 6.07) is 14.0. The highest BCUT2D eigenvalue weighted by atomic mass is 35.5. The molecule has 4 rings (SSSR count). The van der Waals surface area contributed by atoms with Crippen LogP contribution in [-0.4, -0.2) is 33.1 Å². The average molecular weight is 491 g/mol. The highest BCUT2D eigenvalue weighted by Crippen LogP contribution is 2.37. The summed E-state index contributed by atoms with van der Waals surface area (Å²) in [5.74, 6) is 0.475. The molecule has 1 N–H and O–H groups in total. The molecule has 0 atom stereocenters. The van der Waals surface area contributed by atoms with Crippen molar-refractivity contribution in [3.05, 3.63) is 71.1 Å². The fourth-order valence-electron chi connectivity index (χ4n) is 4.70. The van der Waals surface area contributed by atoms with Gasteiger partial charge < -0.3 is 14.8 Å². The molecule has 1 aliphatic heterocycles. The lowest BCUT2D eigenvalue weighted by molar-refractivity contribution is -0.162. The maximum Gasteiger partial charge on any atom is 0.251 e. The maximum atomic E-state index is 13.0. The number of hydrogen-bond acceptors (Lipinski definition) is 6. The normalized spacial score (nSPS) is 16.8. The summed E-state index contributed by atoms with van der Waals surface area (Å²) >= 11 is 6.48. The van der Waals surface area contributed by atoms with Gasteiger partial charge in [-0.05, 0) is 70.9 Å². The number of benzene rings is 2. The quantitative estimate of drug-likeness (QED) is 0.476. The van der Waals surface area contributed by atoms with Crippen molar-refractivity contribution in [2.75, 3.05) is 0 Å². The van der Waals surface area contributed by atoms with Gasteiger partial charge in [-0.2, -0.15) is 5.26 Å². The topological polar surface area (TPSA) is 97.1 Å². The van der Waals surface area contributed by atoms with Crippen molar-refractivity contribution in [2.45, 2.75) is 57.8 Å². The second kappa shape index (κ2) is 9.65. The molecule has 1 aromatic heterocycles. The molecule has 1 saturated heterocycles. The Balaban J connectivity index is 1.53. The first-order chi connectivity index (χ1) is 16.6. The minimum Gasteiger partial charge on any atom is -0.454 e. The summed E-state index contributed by atoms with van der Waals surface area (Å²) in [6.45, 7) is 8.13. The van der Waals surface area contributed by atoms with Crippen LogP contribution in [0.2, 0.25) is 5.02 Å². The molecule has 0 unspecified atom stereocenters. The van der Waals surface area contributed by atoms with E-state index in [0.717, 1.165) is 12.8 Å². The molecular weight excluding hydrogens is 464 g/mol. The first-order valence-corrected chi connectivity index (χ1v) is 11.7. The lowest BCUT2D eigenvalue weighted by Gasteiger charge is -2.45. The first-order valence-electron chi connectivity index (χ1n) is 11.3. The fourth-order valence-corrected chi connectivity index (χ4v) is 4.92. The number of ether oxygens (including phenoxy) is 2. The molecular formula is C27H27ClN4O3. The van der Waals surface area contributed by atoms with Crippen molar-refractivity contribution in [3.8, 4) is 28.8 Å². The molecule has 0 saturated carbocycles. The molecule has 8 heteroatoms. The van der Waals surface area contributed by atoms with Crippen molar-refractivity contribution in [1.82, 2.24) is 15.3 Å². The summed E-state index contributed by atoms with van der Waals surface area (Å²) < 4.78 is 12.1. The second-order valence-electron chi connectivity index (χ2n) is 9.83. The monoisotopic (exact) mass is 490 g/mol. The predicted octanol–water partition coefficient (Wildman–Crippen LogP) is 5.93. The van der Waals surface area contributed by atoms with Crippen LogP contribution in [0.25, 0.3) is 11.3 Å². The molecule has 7 nitrogen and oxygen atoms in total. The number of amides is 1. The zero-order valence-electron chi connectivity index (χ0n) is 20.1. The van der Waals surface area contributed by atoms with Gasteiger partial charge in [0.1, 0.15) is 29.5 Å². The van der Waals surface area contributed by atoms with Gasteiger partial charge in [-0.15, -0.1) is 0 Å². The molecule has 1 fully saturated rings. The van der Waals surface area contributed by atoms with Crippen LogP contribution in [0.15, 0.2) is 55.0 Å². The fraction of sp³-hybridized carbons (Fsp3) is 0.333. The van der Waals surface area contributed by atoms with Crippen LogP contribution in [0, 0.1) is 11.3 Å². The number of nitrogens with one attached hydrogen (secondary N) is 1. The van der Waals surface area contributed by atoms with E-state index < -0.39 is 0 Å².